The van der Waals surface area contributed by atoms with Gasteiger partial charge in [-0.1, -0.05) is 18.2 Å². The zero-order valence-electron chi connectivity index (χ0n) is 7.75. The number of benzene rings is 1. The minimum Gasteiger partial charge on any atom is -0.771 e. The molecule has 2 aromatic rings. The maximum atomic E-state index is 10.8. The number of fused-ring (bicyclic) bond motifs is 1. The van der Waals surface area contributed by atoms with Crippen molar-refractivity contribution in [3.8, 4) is 0 Å². The Balaban J connectivity index is 2.64. The summed E-state index contributed by atoms with van der Waals surface area (Å²) >= 11 is -2.16. The number of nitrogens with zero attached hydrogens (tertiary/aromatic N) is 1. The van der Waals surface area contributed by atoms with E-state index in [4.69, 9.17) is 0 Å². The molecule has 0 N–H and O–H groups in total. The van der Waals surface area contributed by atoms with Crippen molar-refractivity contribution in [2.24, 2.45) is 0 Å². The van der Waals surface area contributed by atoms with Crippen LogP contribution < -0.4 is 0 Å². The average Bonchev–Trinajstić information content (AvgIpc) is 2.56. The Hall–Kier alpha value is -1.46. The number of aromatic nitrogens is 1. The van der Waals surface area contributed by atoms with E-state index >= 15 is 0 Å². The number of rotatable bonds is 3. The number of carbonyl (C=O) groups is 1. The molecule has 1 heterocycles. The first-order valence-corrected chi connectivity index (χ1v) is 5.55. The molecule has 0 radical (unpaired) electrons. The van der Waals surface area contributed by atoms with Crippen LogP contribution in [0.2, 0.25) is 0 Å². The molecule has 78 valence electrons. The van der Waals surface area contributed by atoms with Crippen molar-refractivity contribution in [2.45, 2.75) is 5.88 Å². The minimum absolute atomic E-state index is 0.131. The number of aldehydes is 1. The highest BCUT2D eigenvalue weighted by Gasteiger charge is 2.06. The predicted octanol–water partition coefficient (Wildman–Crippen LogP) is 1.29. The van der Waals surface area contributed by atoms with E-state index in [9.17, 15) is 13.6 Å². The normalized spacial score (nSPS) is 12.9. The first-order valence-electron chi connectivity index (χ1n) is 4.31. The monoisotopic (exact) mass is 222 g/mol. The van der Waals surface area contributed by atoms with E-state index < -0.39 is 11.1 Å². The first kappa shape index (κ1) is 10.1. The van der Waals surface area contributed by atoms with Crippen molar-refractivity contribution < 1.29 is 13.6 Å². The second-order valence-corrected chi connectivity index (χ2v) is 3.99. The van der Waals surface area contributed by atoms with Crippen molar-refractivity contribution in [2.75, 3.05) is 0 Å². The van der Waals surface area contributed by atoms with Gasteiger partial charge < -0.3 is 9.12 Å². The van der Waals surface area contributed by atoms with Gasteiger partial charge in [0.15, 0.2) is 6.29 Å². The lowest BCUT2D eigenvalue weighted by molar-refractivity contribution is 0.112. The molecule has 1 atom stereocenters. The molecule has 1 unspecified atom stereocenters. The highest BCUT2D eigenvalue weighted by atomic mass is 32.2. The van der Waals surface area contributed by atoms with Crippen LogP contribution in [0.15, 0.2) is 30.5 Å². The van der Waals surface area contributed by atoms with Gasteiger partial charge in [0.05, 0.1) is 5.88 Å². The van der Waals surface area contributed by atoms with Crippen LogP contribution in [-0.2, 0) is 17.0 Å². The molecule has 0 saturated carbocycles. The summed E-state index contributed by atoms with van der Waals surface area (Å²) in [5.74, 6) is -0.131. The van der Waals surface area contributed by atoms with Gasteiger partial charge >= 0.3 is 0 Å². The van der Waals surface area contributed by atoms with Gasteiger partial charge in [0.25, 0.3) is 0 Å². The lowest BCUT2D eigenvalue weighted by Gasteiger charge is -2.07. The van der Waals surface area contributed by atoms with Crippen molar-refractivity contribution in [3.63, 3.8) is 0 Å². The molecule has 0 fully saturated rings. The maximum absolute atomic E-state index is 10.8. The van der Waals surface area contributed by atoms with Gasteiger partial charge in [-0.2, -0.15) is 0 Å². The molecule has 0 bridgehead atoms. The molecule has 0 spiro atoms. The topological polar surface area (TPSA) is 62.1 Å². The van der Waals surface area contributed by atoms with Crippen molar-refractivity contribution >= 4 is 28.3 Å². The highest BCUT2D eigenvalue weighted by molar-refractivity contribution is 7.78. The maximum Gasteiger partial charge on any atom is 0.152 e. The van der Waals surface area contributed by atoms with Gasteiger partial charge in [-0.25, -0.2) is 0 Å². The molecule has 0 amide bonds. The summed E-state index contributed by atoms with van der Waals surface area (Å²) < 4.78 is 22.7. The summed E-state index contributed by atoms with van der Waals surface area (Å²) in [6.07, 6.45) is 2.28. The Bertz CT molecular complexity index is 532. The smallest absolute Gasteiger partial charge is 0.152 e. The summed E-state index contributed by atoms with van der Waals surface area (Å²) in [6.45, 7) is 0. The fourth-order valence-corrected chi connectivity index (χ4v) is 2.03. The van der Waals surface area contributed by atoms with E-state index in [2.05, 4.69) is 0 Å². The molecule has 1 aromatic heterocycles. The summed E-state index contributed by atoms with van der Waals surface area (Å²) in [5, 5.41) is 0.776. The third kappa shape index (κ3) is 1.84. The zero-order chi connectivity index (χ0) is 10.8. The molecular weight excluding hydrogens is 214 g/mol. The highest BCUT2D eigenvalue weighted by Crippen LogP contribution is 2.19. The Morgan fingerprint density at radius 1 is 1.40 bits per heavy atom. The summed E-state index contributed by atoms with van der Waals surface area (Å²) in [5.41, 5.74) is 1.26. The zero-order valence-corrected chi connectivity index (χ0v) is 8.57. The van der Waals surface area contributed by atoms with Crippen LogP contribution in [-0.4, -0.2) is 19.6 Å². The quantitative estimate of drug-likeness (QED) is 0.580. The van der Waals surface area contributed by atoms with Crippen LogP contribution in [0.25, 0.3) is 10.9 Å². The van der Waals surface area contributed by atoms with Crippen LogP contribution in [0.5, 0.6) is 0 Å². The molecule has 1 aromatic carbocycles. The van der Waals surface area contributed by atoms with Crippen LogP contribution in [0, 0.1) is 0 Å². The number of carbonyl (C=O) groups excluding carboxylic acids is 1. The van der Waals surface area contributed by atoms with Gasteiger partial charge in [0.1, 0.15) is 0 Å². The van der Waals surface area contributed by atoms with E-state index in [0.29, 0.717) is 5.56 Å². The number of hydrogen-bond donors (Lipinski definition) is 0. The number of hydrogen-bond acceptors (Lipinski definition) is 3. The third-order valence-corrected chi connectivity index (χ3v) is 2.68. The van der Waals surface area contributed by atoms with Crippen molar-refractivity contribution in [1.82, 2.24) is 4.57 Å². The summed E-state index contributed by atoms with van der Waals surface area (Å²) in [6, 6.07) is 7.20. The molecule has 0 aliphatic rings. The first-order chi connectivity index (χ1) is 7.22. The summed E-state index contributed by atoms with van der Waals surface area (Å²) in [7, 11) is 0. The molecule has 2 rings (SSSR count). The standard InChI is InChI=1S/C10H9NO3S/c12-6-8-5-11(7-15(13)14)10-4-2-1-3-9(8)10/h1-6H,7H2,(H,13,14)/p-1. The van der Waals surface area contributed by atoms with Crippen molar-refractivity contribution in [3.05, 3.63) is 36.0 Å². The molecule has 0 aliphatic carbocycles. The molecular formula is C10H8NO3S-. The minimum atomic E-state index is -2.16. The van der Waals surface area contributed by atoms with Gasteiger partial charge in [-0.15, -0.1) is 0 Å². The van der Waals surface area contributed by atoms with Crippen LogP contribution in [0.3, 0.4) is 0 Å². The van der Waals surface area contributed by atoms with Crippen molar-refractivity contribution in [1.29, 1.82) is 0 Å². The lowest BCUT2D eigenvalue weighted by atomic mass is 10.2. The fraction of sp³-hybridized carbons (Fsp3) is 0.100. The Morgan fingerprint density at radius 3 is 2.80 bits per heavy atom. The van der Waals surface area contributed by atoms with Gasteiger partial charge in [0, 0.05) is 22.7 Å². The molecule has 0 saturated heterocycles. The van der Waals surface area contributed by atoms with Crippen LogP contribution in [0.4, 0.5) is 0 Å². The molecule has 0 aliphatic heterocycles. The predicted molar refractivity (Wildman–Crippen MR) is 56.2 cm³/mol. The van der Waals surface area contributed by atoms with E-state index in [0.717, 1.165) is 17.2 Å². The van der Waals surface area contributed by atoms with E-state index in [1.165, 1.54) is 0 Å². The van der Waals surface area contributed by atoms with Crippen LogP contribution in [0.1, 0.15) is 10.4 Å². The largest absolute Gasteiger partial charge is 0.771 e. The number of para-hydroxylation sites is 1. The Morgan fingerprint density at radius 2 is 2.13 bits per heavy atom. The van der Waals surface area contributed by atoms with Crippen LogP contribution >= 0.6 is 0 Å². The van der Waals surface area contributed by atoms with E-state index in [-0.39, 0.29) is 5.88 Å². The second-order valence-electron chi connectivity index (χ2n) is 3.12. The van der Waals surface area contributed by atoms with E-state index in [1.807, 2.05) is 6.07 Å². The third-order valence-electron chi connectivity index (χ3n) is 2.19. The Kier molecular flexibility index (Phi) is 2.66. The summed E-state index contributed by atoms with van der Waals surface area (Å²) in [4.78, 5) is 10.8. The molecule has 15 heavy (non-hydrogen) atoms. The van der Waals surface area contributed by atoms with Gasteiger partial charge in [0.2, 0.25) is 0 Å². The average molecular weight is 222 g/mol. The lowest BCUT2D eigenvalue weighted by Crippen LogP contribution is -2.01. The van der Waals surface area contributed by atoms with Gasteiger partial charge in [-0.05, 0) is 17.1 Å². The SMILES string of the molecule is O=Cc1cn(CS(=O)[O-])c2ccccc12. The molecule has 4 nitrogen and oxygen atoms in total. The fourth-order valence-electron chi connectivity index (χ4n) is 1.59. The second kappa shape index (κ2) is 3.96. The van der Waals surface area contributed by atoms with Gasteiger partial charge in [-0.3, -0.25) is 9.00 Å². The Labute approximate surface area is 88.8 Å². The van der Waals surface area contributed by atoms with E-state index in [1.54, 1.807) is 29.0 Å². The molecule has 5 heteroatoms.